The second kappa shape index (κ2) is 5.91. The number of nitrogens with zero attached hydrogens (tertiary/aromatic N) is 3. The highest BCUT2D eigenvalue weighted by Gasteiger charge is 2.02. The lowest BCUT2D eigenvalue weighted by molar-refractivity contribution is 0.771. The van der Waals surface area contributed by atoms with Crippen molar-refractivity contribution in [3.63, 3.8) is 0 Å². The van der Waals surface area contributed by atoms with Gasteiger partial charge in [0, 0.05) is 6.54 Å². The lowest BCUT2D eigenvalue weighted by Gasteiger charge is -2.06. The molecule has 1 heterocycles. The van der Waals surface area contributed by atoms with E-state index in [1.165, 1.54) is 12.1 Å². The second-order valence-corrected chi connectivity index (χ2v) is 3.84. The highest BCUT2D eigenvalue weighted by atomic mass is 15.1. The van der Waals surface area contributed by atoms with Gasteiger partial charge in [-0.3, -0.25) is 0 Å². The fraction of sp³-hybridized carbons (Fsp3) is 0.455. The predicted molar refractivity (Wildman–Crippen MR) is 63.5 cm³/mol. The van der Waals surface area contributed by atoms with Crippen LogP contribution < -0.4 is 11.1 Å². The molecule has 0 fully saturated rings. The summed E-state index contributed by atoms with van der Waals surface area (Å²) in [6.45, 7) is 5.02. The molecule has 3 N–H and O–H groups in total. The standard InChI is InChI=1S/C11H16N5/c1-8(2)4-3-5-14-11-15-7-9(6-12)10(13)16-11/h7H,3-5H2,1-2H3,(H3,13,14,15,16). The first-order valence-corrected chi connectivity index (χ1v) is 5.19. The van der Waals surface area contributed by atoms with Crippen molar-refractivity contribution in [2.75, 3.05) is 17.6 Å². The van der Waals surface area contributed by atoms with E-state index in [0.717, 1.165) is 19.4 Å². The summed E-state index contributed by atoms with van der Waals surface area (Å²) >= 11 is 0. The van der Waals surface area contributed by atoms with Gasteiger partial charge in [0.25, 0.3) is 0 Å². The van der Waals surface area contributed by atoms with Crippen LogP contribution >= 0.6 is 0 Å². The molecule has 0 unspecified atom stereocenters. The van der Waals surface area contributed by atoms with Gasteiger partial charge >= 0.3 is 0 Å². The van der Waals surface area contributed by atoms with Crippen LogP contribution in [0, 0.1) is 17.2 Å². The Morgan fingerprint density at radius 3 is 2.88 bits per heavy atom. The molecule has 5 heteroatoms. The van der Waals surface area contributed by atoms with Gasteiger partial charge in [-0.15, -0.1) is 0 Å². The molecule has 0 aliphatic rings. The quantitative estimate of drug-likeness (QED) is 0.735. The number of hydrogen-bond acceptors (Lipinski definition) is 5. The van der Waals surface area contributed by atoms with Gasteiger partial charge in [0.2, 0.25) is 5.95 Å². The number of nitriles is 1. The van der Waals surface area contributed by atoms with Crippen LogP contribution in [0.25, 0.3) is 0 Å². The number of rotatable bonds is 5. The van der Waals surface area contributed by atoms with Crippen molar-refractivity contribution >= 4 is 11.8 Å². The van der Waals surface area contributed by atoms with Crippen LogP contribution in [0.5, 0.6) is 0 Å². The van der Waals surface area contributed by atoms with Crippen molar-refractivity contribution < 1.29 is 0 Å². The van der Waals surface area contributed by atoms with E-state index in [9.17, 15) is 0 Å². The van der Waals surface area contributed by atoms with Gasteiger partial charge in [-0.2, -0.15) is 10.2 Å². The van der Waals surface area contributed by atoms with Crippen molar-refractivity contribution in [1.29, 1.82) is 5.26 Å². The average molecular weight is 218 g/mol. The Morgan fingerprint density at radius 2 is 2.31 bits per heavy atom. The molecule has 0 aliphatic carbocycles. The molecule has 5 nitrogen and oxygen atoms in total. The minimum absolute atomic E-state index is 0.221. The van der Waals surface area contributed by atoms with Crippen molar-refractivity contribution in [2.45, 2.75) is 26.7 Å². The largest absolute Gasteiger partial charge is 0.382 e. The molecule has 0 amide bonds. The fourth-order valence-corrected chi connectivity index (χ4v) is 1.21. The van der Waals surface area contributed by atoms with Crippen molar-refractivity contribution in [2.24, 2.45) is 0 Å². The summed E-state index contributed by atoms with van der Waals surface area (Å²) in [5.41, 5.74) is 5.88. The number of anilines is 2. The minimum Gasteiger partial charge on any atom is -0.382 e. The van der Waals surface area contributed by atoms with Gasteiger partial charge in [-0.25, -0.2) is 4.98 Å². The van der Waals surface area contributed by atoms with Crippen LogP contribution in [-0.2, 0) is 0 Å². The summed E-state index contributed by atoms with van der Waals surface area (Å²) < 4.78 is 0. The van der Waals surface area contributed by atoms with E-state index >= 15 is 0 Å². The summed E-state index contributed by atoms with van der Waals surface area (Å²) in [4.78, 5) is 7.98. The fourth-order valence-electron chi connectivity index (χ4n) is 1.21. The average Bonchev–Trinajstić information content (AvgIpc) is 2.24. The molecule has 1 radical (unpaired) electrons. The third-order valence-corrected chi connectivity index (χ3v) is 2.08. The zero-order valence-corrected chi connectivity index (χ0v) is 9.62. The number of nitrogen functional groups attached to an aromatic ring is 1. The molecule has 0 bridgehead atoms. The summed E-state index contributed by atoms with van der Waals surface area (Å²) in [5.74, 6) is 2.10. The molecule has 1 aromatic rings. The summed E-state index contributed by atoms with van der Waals surface area (Å²) in [6.07, 6.45) is 3.55. The number of aromatic nitrogens is 2. The van der Waals surface area contributed by atoms with Crippen LogP contribution in [-0.4, -0.2) is 16.5 Å². The molecule has 0 spiro atoms. The molecule has 0 aromatic carbocycles. The van der Waals surface area contributed by atoms with Crippen LogP contribution in [0.2, 0.25) is 0 Å². The molecular weight excluding hydrogens is 202 g/mol. The minimum atomic E-state index is 0.221. The molecule has 0 saturated carbocycles. The Labute approximate surface area is 95.7 Å². The molecule has 85 valence electrons. The highest BCUT2D eigenvalue weighted by Crippen LogP contribution is 2.09. The van der Waals surface area contributed by atoms with E-state index in [1.54, 1.807) is 0 Å². The van der Waals surface area contributed by atoms with E-state index < -0.39 is 0 Å². The Balaban J connectivity index is 2.44. The molecule has 16 heavy (non-hydrogen) atoms. The van der Waals surface area contributed by atoms with Gasteiger partial charge in [-0.05, 0) is 18.8 Å². The first-order chi connectivity index (χ1) is 7.63. The van der Waals surface area contributed by atoms with E-state index in [1.807, 2.05) is 6.07 Å². The SMILES string of the molecule is C[C](C)CCCNc1ncc(C#N)c(N)n1. The van der Waals surface area contributed by atoms with Crippen LogP contribution in [0.1, 0.15) is 32.3 Å². The maximum atomic E-state index is 8.65. The lowest BCUT2D eigenvalue weighted by Crippen LogP contribution is -2.08. The van der Waals surface area contributed by atoms with Crippen LogP contribution in [0.15, 0.2) is 6.20 Å². The van der Waals surface area contributed by atoms with Gasteiger partial charge in [0.15, 0.2) is 0 Å². The summed E-state index contributed by atoms with van der Waals surface area (Å²) in [6, 6.07) is 1.92. The van der Waals surface area contributed by atoms with Gasteiger partial charge < -0.3 is 11.1 Å². The van der Waals surface area contributed by atoms with E-state index in [2.05, 4.69) is 29.1 Å². The summed E-state index contributed by atoms with van der Waals surface area (Å²) in [5, 5.41) is 11.7. The zero-order valence-electron chi connectivity index (χ0n) is 9.62. The third-order valence-electron chi connectivity index (χ3n) is 2.08. The molecule has 0 saturated heterocycles. The van der Waals surface area contributed by atoms with Crippen molar-refractivity contribution in [3.05, 3.63) is 17.7 Å². The number of nitrogens with two attached hydrogens (primary N) is 1. The molecule has 0 atom stereocenters. The first-order valence-electron chi connectivity index (χ1n) is 5.19. The van der Waals surface area contributed by atoms with Crippen LogP contribution in [0.3, 0.4) is 0 Å². The predicted octanol–water partition coefficient (Wildman–Crippen LogP) is 1.74. The normalized spacial score (nSPS) is 10.1. The van der Waals surface area contributed by atoms with Gasteiger partial charge in [0.1, 0.15) is 17.5 Å². The number of hydrogen-bond donors (Lipinski definition) is 2. The first kappa shape index (κ1) is 12.2. The monoisotopic (exact) mass is 218 g/mol. The Kier molecular flexibility index (Phi) is 4.52. The van der Waals surface area contributed by atoms with E-state index in [-0.39, 0.29) is 5.82 Å². The van der Waals surface area contributed by atoms with Gasteiger partial charge in [-0.1, -0.05) is 13.8 Å². The number of nitrogens with one attached hydrogen (secondary N) is 1. The van der Waals surface area contributed by atoms with Crippen molar-refractivity contribution in [1.82, 2.24) is 9.97 Å². The topological polar surface area (TPSA) is 87.6 Å². The lowest BCUT2D eigenvalue weighted by atomic mass is 10.1. The maximum absolute atomic E-state index is 8.65. The Hall–Kier alpha value is -1.83. The maximum Gasteiger partial charge on any atom is 0.224 e. The van der Waals surface area contributed by atoms with Gasteiger partial charge in [0.05, 0.1) is 6.20 Å². The molecular formula is C11H16N5. The van der Waals surface area contributed by atoms with Crippen molar-refractivity contribution in [3.8, 4) is 6.07 Å². The van der Waals surface area contributed by atoms with E-state index in [0.29, 0.717) is 11.5 Å². The molecule has 0 aliphatic heterocycles. The molecule has 1 aromatic heterocycles. The smallest absolute Gasteiger partial charge is 0.224 e. The Morgan fingerprint density at radius 1 is 1.56 bits per heavy atom. The second-order valence-electron chi connectivity index (χ2n) is 3.84. The highest BCUT2D eigenvalue weighted by molar-refractivity contribution is 5.49. The molecule has 1 rings (SSSR count). The zero-order chi connectivity index (χ0) is 12.0. The third kappa shape index (κ3) is 3.73. The van der Waals surface area contributed by atoms with Crippen LogP contribution in [0.4, 0.5) is 11.8 Å². The Bertz CT molecular complexity index is 380. The van der Waals surface area contributed by atoms with E-state index in [4.69, 9.17) is 11.0 Å². The summed E-state index contributed by atoms with van der Waals surface area (Å²) in [7, 11) is 0.